The van der Waals surface area contributed by atoms with Crippen molar-refractivity contribution in [1.29, 1.82) is 0 Å². The van der Waals surface area contributed by atoms with E-state index < -0.39 is 0 Å². The van der Waals surface area contributed by atoms with Crippen molar-refractivity contribution >= 4 is 11.6 Å². The molecule has 108 valence electrons. The third-order valence-corrected chi connectivity index (χ3v) is 3.20. The maximum atomic E-state index is 12.0. The highest BCUT2D eigenvalue weighted by atomic mass is 35.5. The van der Waals surface area contributed by atoms with E-state index in [1.165, 1.54) is 5.56 Å². The summed E-state index contributed by atoms with van der Waals surface area (Å²) in [6, 6.07) is 4.19. The Morgan fingerprint density at radius 3 is 2.00 bits per heavy atom. The highest BCUT2D eigenvalue weighted by molar-refractivity contribution is 5.93. The fourth-order valence-electron chi connectivity index (χ4n) is 2.21. The molecule has 0 bridgehead atoms. The van der Waals surface area contributed by atoms with Crippen LogP contribution < -0.4 is 17.7 Å². The molecule has 0 heterocycles. The monoisotopic (exact) mass is 283 g/mol. The van der Waals surface area contributed by atoms with Crippen molar-refractivity contribution in [2.24, 2.45) is 0 Å². The zero-order valence-corrected chi connectivity index (χ0v) is 13.3. The van der Waals surface area contributed by atoms with Gasteiger partial charge in [0.2, 0.25) is 5.91 Å². The van der Waals surface area contributed by atoms with Gasteiger partial charge < -0.3 is 17.7 Å². The fourth-order valence-corrected chi connectivity index (χ4v) is 2.21. The van der Waals surface area contributed by atoms with Crippen molar-refractivity contribution in [3.63, 3.8) is 0 Å². The summed E-state index contributed by atoms with van der Waals surface area (Å²) in [5, 5.41) is 3.02. The van der Waals surface area contributed by atoms with Crippen LogP contribution in [-0.2, 0) is 4.79 Å². The molecule has 1 rings (SSSR count). The first kappa shape index (κ1) is 17.9. The van der Waals surface area contributed by atoms with Crippen molar-refractivity contribution in [3.8, 4) is 0 Å². The van der Waals surface area contributed by atoms with Gasteiger partial charge >= 0.3 is 0 Å². The van der Waals surface area contributed by atoms with E-state index in [1.807, 2.05) is 13.8 Å². The average molecular weight is 284 g/mol. The number of rotatable bonds is 5. The van der Waals surface area contributed by atoms with Crippen LogP contribution in [0.5, 0.6) is 0 Å². The predicted octanol–water partition coefficient (Wildman–Crippen LogP) is -0.104. The van der Waals surface area contributed by atoms with Crippen LogP contribution in [0.2, 0.25) is 0 Å². The van der Waals surface area contributed by atoms with E-state index in [1.54, 1.807) is 0 Å². The lowest BCUT2D eigenvalue weighted by atomic mass is 10.1. The summed E-state index contributed by atoms with van der Waals surface area (Å²) < 4.78 is 0. The van der Waals surface area contributed by atoms with E-state index in [-0.39, 0.29) is 18.3 Å². The quantitative estimate of drug-likeness (QED) is 0.818. The zero-order valence-electron chi connectivity index (χ0n) is 12.5. The Hall–Kier alpha value is -1.06. The first-order chi connectivity index (χ1) is 8.47. The molecular weight excluding hydrogens is 260 g/mol. The molecule has 0 atom stereocenters. The molecule has 0 fully saturated rings. The van der Waals surface area contributed by atoms with E-state index in [4.69, 9.17) is 0 Å². The van der Waals surface area contributed by atoms with E-state index in [9.17, 15) is 4.79 Å². The van der Waals surface area contributed by atoms with Gasteiger partial charge in [0.1, 0.15) is 0 Å². The molecule has 0 unspecified atom stereocenters. The largest absolute Gasteiger partial charge is 1.00 e. The number of hydrogen-bond donors (Lipinski definition) is 1. The molecule has 0 spiro atoms. The third kappa shape index (κ3) is 5.21. The summed E-state index contributed by atoms with van der Waals surface area (Å²) in [5.41, 5.74) is 4.44. The van der Waals surface area contributed by atoms with Gasteiger partial charge in [0.05, 0.1) is 6.54 Å². The first-order valence-corrected chi connectivity index (χ1v) is 6.58. The molecule has 1 amide bonds. The summed E-state index contributed by atoms with van der Waals surface area (Å²) in [5.74, 6) is 0.0637. The number of benzene rings is 1. The topological polar surface area (TPSA) is 32.3 Å². The standard InChI is InChI=1S/C15H24N2O.ClH/c1-6-17(7-2)10-14(18)16-15-12(4)8-11(3)9-13(15)5;/h8-9H,6-7,10H2,1-5H3,(H,16,18);1H/p-1. The molecule has 0 radical (unpaired) electrons. The second kappa shape index (κ2) is 8.18. The predicted molar refractivity (Wildman–Crippen MR) is 77.1 cm³/mol. The number of hydrogen-bond acceptors (Lipinski definition) is 2. The molecule has 0 aliphatic rings. The molecule has 1 aromatic carbocycles. The smallest absolute Gasteiger partial charge is 0.238 e. The van der Waals surface area contributed by atoms with Gasteiger partial charge in [-0.2, -0.15) is 0 Å². The SMILES string of the molecule is CCN(CC)CC(=O)Nc1c(C)cc(C)cc1C.[Cl-]. The zero-order chi connectivity index (χ0) is 13.7. The lowest BCUT2D eigenvalue weighted by molar-refractivity contribution is -0.117. The van der Waals surface area contributed by atoms with E-state index in [0.29, 0.717) is 6.54 Å². The second-order valence-corrected chi connectivity index (χ2v) is 4.78. The minimum Gasteiger partial charge on any atom is -1.00 e. The second-order valence-electron chi connectivity index (χ2n) is 4.78. The molecule has 3 nitrogen and oxygen atoms in total. The van der Waals surface area contributed by atoms with Crippen LogP contribution in [0.1, 0.15) is 30.5 Å². The van der Waals surface area contributed by atoms with Crippen molar-refractivity contribution in [2.45, 2.75) is 34.6 Å². The van der Waals surface area contributed by atoms with Crippen LogP contribution >= 0.6 is 0 Å². The molecule has 1 aromatic rings. The van der Waals surface area contributed by atoms with Crippen molar-refractivity contribution in [1.82, 2.24) is 4.90 Å². The number of carbonyl (C=O) groups excluding carboxylic acids is 1. The van der Waals surface area contributed by atoms with Crippen LogP contribution in [0.4, 0.5) is 5.69 Å². The van der Waals surface area contributed by atoms with E-state index >= 15 is 0 Å². The van der Waals surface area contributed by atoms with Gasteiger partial charge in [-0.1, -0.05) is 31.5 Å². The molecule has 19 heavy (non-hydrogen) atoms. The van der Waals surface area contributed by atoms with Crippen LogP contribution in [0.15, 0.2) is 12.1 Å². The van der Waals surface area contributed by atoms with Crippen LogP contribution in [0.3, 0.4) is 0 Å². The van der Waals surface area contributed by atoms with Crippen molar-refractivity contribution < 1.29 is 17.2 Å². The molecule has 0 saturated carbocycles. The number of nitrogens with zero attached hydrogens (tertiary/aromatic N) is 1. The number of carbonyl (C=O) groups is 1. The van der Waals surface area contributed by atoms with Gasteiger partial charge in [-0.3, -0.25) is 9.69 Å². The van der Waals surface area contributed by atoms with Crippen molar-refractivity contribution in [2.75, 3.05) is 25.0 Å². The minimum absolute atomic E-state index is 0. The van der Waals surface area contributed by atoms with E-state index in [0.717, 1.165) is 29.9 Å². The highest BCUT2D eigenvalue weighted by Gasteiger charge is 2.10. The number of anilines is 1. The Bertz CT molecular complexity index is 405. The molecule has 0 aliphatic heterocycles. The number of halogens is 1. The summed E-state index contributed by atoms with van der Waals surface area (Å²) in [7, 11) is 0. The maximum Gasteiger partial charge on any atom is 0.238 e. The Labute approximate surface area is 122 Å². The van der Waals surface area contributed by atoms with Gasteiger partial charge in [-0.05, 0) is 45.0 Å². The Kier molecular flexibility index (Phi) is 7.72. The van der Waals surface area contributed by atoms with Gasteiger partial charge in [0.15, 0.2) is 0 Å². The van der Waals surface area contributed by atoms with Gasteiger partial charge in [0.25, 0.3) is 0 Å². The number of likely N-dealkylation sites (N-methyl/N-ethyl adjacent to an activating group) is 1. The molecule has 0 aliphatic carbocycles. The van der Waals surface area contributed by atoms with Gasteiger partial charge in [0, 0.05) is 5.69 Å². The maximum absolute atomic E-state index is 12.0. The molecule has 4 heteroatoms. The lowest BCUT2D eigenvalue weighted by Crippen LogP contribution is -3.00. The third-order valence-electron chi connectivity index (χ3n) is 3.20. The number of nitrogens with one attached hydrogen (secondary N) is 1. The number of amides is 1. The van der Waals surface area contributed by atoms with Crippen LogP contribution in [0, 0.1) is 20.8 Å². The van der Waals surface area contributed by atoms with Crippen molar-refractivity contribution in [3.05, 3.63) is 28.8 Å². The summed E-state index contributed by atoms with van der Waals surface area (Å²) in [4.78, 5) is 14.1. The molecule has 0 saturated heterocycles. The molecule has 0 aromatic heterocycles. The fraction of sp³-hybridized carbons (Fsp3) is 0.533. The normalized spacial score (nSPS) is 10.2. The van der Waals surface area contributed by atoms with E-state index in [2.05, 4.69) is 43.1 Å². The first-order valence-electron chi connectivity index (χ1n) is 6.58. The summed E-state index contributed by atoms with van der Waals surface area (Å²) in [6.45, 7) is 12.5. The summed E-state index contributed by atoms with van der Waals surface area (Å²) >= 11 is 0. The van der Waals surface area contributed by atoms with Gasteiger partial charge in [-0.15, -0.1) is 0 Å². The summed E-state index contributed by atoms with van der Waals surface area (Å²) in [6.07, 6.45) is 0. The Morgan fingerprint density at radius 1 is 1.11 bits per heavy atom. The van der Waals surface area contributed by atoms with Gasteiger partial charge in [-0.25, -0.2) is 0 Å². The molecule has 1 N–H and O–H groups in total. The highest BCUT2D eigenvalue weighted by Crippen LogP contribution is 2.21. The van der Waals surface area contributed by atoms with Crippen LogP contribution in [-0.4, -0.2) is 30.4 Å². The average Bonchev–Trinajstić information content (AvgIpc) is 2.30. The lowest BCUT2D eigenvalue weighted by Gasteiger charge is -2.19. The Balaban J connectivity index is 0.00000324. The van der Waals surface area contributed by atoms with Crippen LogP contribution in [0.25, 0.3) is 0 Å². The minimum atomic E-state index is 0. The Morgan fingerprint density at radius 2 is 1.58 bits per heavy atom. The molecular formula is C15H24ClN2O-. The number of aryl methyl sites for hydroxylation is 3.